The Bertz CT molecular complexity index is 657. The van der Waals surface area contributed by atoms with Crippen LogP contribution in [0.1, 0.15) is 8.22 Å². The van der Waals surface area contributed by atoms with Gasteiger partial charge in [-0.25, -0.2) is 9.37 Å². The lowest BCUT2D eigenvalue weighted by atomic mass is 10.3. The lowest BCUT2D eigenvalue weighted by molar-refractivity contribution is 0.626. The molecule has 0 aliphatic rings. The molecule has 0 amide bonds. The van der Waals surface area contributed by atoms with E-state index < -0.39 is 42.0 Å². The molecule has 1 aromatic heterocycles. The van der Waals surface area contributed by atoms with E-state index in [2.05, 4.69) is 20.9 Å². The summed E-state index contributed by atoms with van der Waals surface area (Å²) in [6, 6.07) is -2.95. The molecule has 2 nitrogen and oxygen atoms in total. The van der Waals surface area contributed by atoms with Crippen LogP contribution in [0.3, 0.4) is 0 Å². The van der Waals surface area contributed by atoms with Crippen molar-refractivity contribution in [2.75, 3.05) is 0 Å². The number of aromatic nitrogens is 2. The van der Waals surface area contributed by atoms with E-state index in [0.717, 1.165) is 4.57 Å². The van der Waals surface area contributed by atoms with Crippen LogP contribution in [-0.4, -0.2) is 9.55 Å². The summed E-state index contributed by atoms with van der Waals surface area (Å²) in [5.41, 5.74) is -0.438. The highest BCUT2D eigenvalue weighted by molar-refractivity contribution is 9.10. The highest BCUT2D eigenvalue weighted by Gasteiger charge is 1.98. The largest absolute Gasteiger partial charge is 0.305 e. The molecule has 0 spiro atoms. The molecule has 0 aliphatic carbocycles. The standard InChI is InChI=1S/C9H6BrFN2/c10-9-5-13(6-12-9)8-3-1-2-7(11)4-8/h1-6H/i1D,2D,3D,4D,5D,6D. The summed E-state index contributed by atoms with van der Waals surface area (Å²) < 4.78 is 59.7. The molecule has 2 rings (SSSR count). The highest BCUT2D eigenvalue weighted by Crippen LogP contribution is 2.12. The molecule has 0 atom stereocenters. The summed E-state index contributed by atoms with van der Waals surface area (Å²) in [7, 11) is 0. The number of rotatable bonds is 1. The number of benzene rings is 1. The smallest absolute Gasteiger partial charge is 0.125 e. The summed E-state index contributed by atoms with van der Waals surface area (Å²) >= 11 is 2.93. The average Bonchev–Trinajstić information content (AvgIpc) is 2.61. The number of nitrogens with zero attached hydrogens (tertiary/aromatic N) is 2. The molecule has 2 aromatic rings. The number of imidazole rings is 1. The second-order valence-electron chi connectivity index (χ2n) is 2.11. The fraction of sp³-hybridized carbons (Fsp3) is 0. The monoisotopic (exact) mass is 246 g/mol. The zero-order chi connectivity index (χ0) is 14.5. The highest BCUT2D eigenvalue weighted by atomic mass is 79.9. The first kappa shape index (κ1) is 3.92. The topological polar surface area (TPSA) is 17.8 Å². The summed E-state index contributed by atoms with van der Waals surface area (Å²) in [6.45, 7) is 0. The molecule has 1 heterocycles. The predicted molar refractivity (Wildman–Crippen MR) is 51.2 cm³/mol. The fourth-order valence-corrected chi connectivity index (χ4v) is 1.02. The van der Waals surface area contributed by atoms with E-state index in [4.69, 9.17) is 8.22 Å². The minimum absolute atomic E-state index is 0.0122. The SMILES string of the molecule is [2H]c1c([2H])c(F)c([2H])c(-n2c([2H])nc(Br)c2[2H])c1[2H]. The van der Waals surface area contributed by atoms with E-state index in [1.165, 1.54) is 0 Å². The number of hydrogen-bond donors (Lipinski definition) is 0. The average molecular weight is 247 g/mol. The van der Waals surface area contributed by atoms with Crippen molar-refractivity contribution in [3.8, 4) is 5.69 Å². The van der Waals surface area contributed by atoms with Gasteiger partial charge in [-0.1, -0.05) is 6.04 Å². The Kier molecular flexibility index (Phi) is 0.994. The normalized spacial score (nSPS) is 16.8. The number of hydrogen-bond acceptors (Lipinski definition) is 1. The van der Waals surface area contributed by atoms with Crippen molar-refractivity contribution in [3.63, 3.8) is 0 Å². The van der Waals surface area contributed by atoms with Gasteiger partial charge in [0.15, 0.2) is 0 Å². The van der Waals surface area contributed by atoms with Gasteiger partial charge in [0.25, 0.3) is 0 Å². The van der Waals surface area contributed by atoms with Crippen LogP contribution in [0.25, 0.3) is 5.69 Å². The molecule has 0 radical (unpaired) electrons. The van der Waals surface area contributed by atoms with Gasteiger partial charge in [-0.15, -0.1) is 0 Å². The van der Waals surface area contributed by atoms with Crippen molar-refractivity contribution in [1.82, 2.24) is 9.55 Å². The quantitative estimate of drug-likeness (QED) is 0.757. The first-order valence-electron chi connectivity index (χ1n) is 6.25. The van der Waals surface area contributed by atoms with Crippen LogP contribution in [0.5, 0.6) is 0 Å². The molecule has 0 unspecified atom stereocenters. The van der Waals surface area contributed by atoms with E-state index in [1.54, 1.807) is 0 Å². The Hall–Kier alpha value is -1.16. The van der Waals surface area contributed by atoms with Crippen molar-refractivity contribution in [2.45, 2.75) is 0 Å². The molecule has 13 heavy (non-hydrogen) atoms. The lowest BCUT2D eigenvalue weighted by Crippen LogP contribution is -1.89. The van der Waals surface area contributed by atoms with Crippen LogP contribution >= 0.6 is 15.9 Å². The third-order valence-electron chi connectivity index (χ3n) is 1.26. The Morgan fingerprint density at radius 2 is 2.38 bits per heavy atom. The van der Waals surface area contributed by atoms with Gasteiger partial charge in [0, 0.05) is 11.9 Å². The molecular formula is C9H6BrFN2. The molecule has 0 saturated carbocycles. The van der Waals surface area contributed by atoms with Gasteiger partial charge in [0.05, 0.1) is 6.85 Å². The Labute approximate surface area is 91.6 Å². The molecule has 0 fully saturated rings. The molecule has 4 heteroatoms. The maximum absolute atomic E-state index is 13.6. The van der Waals surface area contributed by atoms with Crippen molar-refractivity contribution >= 4 is 15.9 Å². The van der Waals surface area contributed by atoms with Gasteiger partial charge in [-0.2, -0.15) is 0 Å². The van der Waals surface area contributed by atoms with Gasteiger partial charge in [-0.3, -0.25) is 0 Å². The van der Waals surface area contributed by atoms with Gasteiger partial charge < -0.3 is 4.57 Å². The molecule has 1 aromatic carbocycles. The lowest BCUT2D eigenvalue weighted by Gasteiger charge is -2.00. The maximum Gasteiger partial charge on any atom is 0.125 e. The molecule has 0 N–H and O–H groups in total. The fourth-order valence-electron chi connectivity index (χ4n) is 0.766. The Morgan fingerprint density at radius 3 is 3.08 bits per heavy atom. The Morgan fingerprint density at radius 1 is 1.54 bits per heavy atom. The zero-order valence-corrected chi connectivity index (χ0v) is 7.74. The van der Waals surface area contributed by atoms with Crippen LogP contribution in [0.15, 0.2) is 41.2 Å². The van der Waals surface area contributed by atoms with E-state index in [1.807, 2.05) is 0 Å². The molecule has 0 bridgehead atoms. The van der Waals surface area contributed by atoms with Gasteiger partial charge in [-0.05, 0) is 34.1 Å². The summed E-state index contributed by atoms with van der Waals surface area (Å²) in [4.78, 5) is 3.61. The summed E-state index contributed by atoms with van der Waals surface area (Å²) in [5, 5.41) is 0. The minimum atomic E-state index is -1.26. The Balaban J connectivity index is 2.91. The second kappa shape index (κ2) is 3.30. The molecular weight excluding hydrogens is 235 g/mol. The van der Waals surface area contributed by atoms with Crippen LogP contribution in [0.4, 0.5) is 4.39 Å². The van der Waals surface area contributed by atoms with Crippen molar-refractivity contribution in [3.05, 3.63) is 47.1 Å². The van der Waals surface area contributed by atoms with Gasteiger partial charge >= 0.3 is 0 Å². The predicted octanol–water partition coefficient (Wildman–Crippen LogP) is 2.77. The number of halogens is 2. The van der Waals surface area contributed by atoms with E-state index in [0.29, 0.717) is 0 Å². The van der Waals surface area contributed by atoms with Crippen molar-refractivity contribution in [1.29, 1.82) is 0 Å². The maximum atomic E-state index is 13.6. The summed E-state index contributed by atoms with van der Waals surface area (Å²) in [6.07, 6.45) is -0.793. The van der Waals surface area contributed by atoms with Crippen molar-refractivity contribution in [2.24, 2.45) is 0 Å². The summed E-state index contributed by atoms with van der Waals surface area (Å²) in [5.74, 6) is -1.26. The minimum Gasteiger partial charge on any atom is -0.305 e. The first-order chi connectivity index (χ1) is 8.77. The zero-order valence-electron chi connectivity index (χ0n) is 12.2. The van der Waals surface area contributed by atoms with Gasteiger partial charge in [0.2, 0.25) is 0 Å². The van der Waals surface area contributed by atoms with Crippen molar-refractivity contribution < 1.29 is 12.6 Å². The van der Waals surface area contributed by atoms with E-state index in [9.17, 15) is 4.39 Å². The second-order valence-corrected chi connectivity index (χ2v) is 2.86. The molecule has 0 aliphatic heterocycles. The van der Waals surface area contributed by atoms with Crippen LogP contribution in [-0.2, 0) is 0 Å². The van der Waals surface area contributed by atoms with Crippen LogP contribution in [0.2, 0.25) is 0 Å². The van der Waals surface area contributed by atoms with E-state index >= 15 is 0 Å². The first-order valence-corrected chi connectivity index (χ1v) is 4.04. The third kappa shape index (κ3) is 1.78. The van der Waals surface area contributed by atoms with Gasteiger partial charge in [0.1, 0.15) is 18.1 Å². The third-order valence-corrected chi connectivity index (χ3v) is 1.61. The molecule has 0 saturated heterocycles. The molecule has 66 valence electrons. The van der Waals surface area contributed by atoms with Crippen LogP contribution in [0, 0.1) is 5.82 Å². The van der Waals surface area contributed by atoms with Crippen LogP contribution < -0.4 is 0 Å². The van der Waals surface area contributed by atoms with E-state index in [-0.39, 0.29) is 10.8 Å².